The fourth-order valence-corrected chi connectivity index (χ4v) is 7.27. The maximum absolute atomic E-state index is 5.00. The molecule has 0 atom stereocenters. The molecule has 0 radical (unpaired) electrons. The molecule has 8 aromatic rings. The van der Waals surface area contributed by atoms with Gasteiger partial charge in [0.2, 0.25) is 0 Å². The van der Waals surface area contributed by atoms with Crippen molar-refractivity contribution < 1.29 is 0 Å². The van der Waals surface area contributed by atoms with Crippen LogP contribution in [0.5, 0.6) is 0 Å². The van der Waals surface area contributed by atoms with Gasteiger partial charge in [-0.25, -0.2) is 0 Å². The summed E-state index contributed by atoms with van der Waals surface area (Å²) in [6.45, 7) is 0. The van der Waals surface area contributed by atoms with Crippen molar-refractivity contribution in [2.45, 2.75) is 38.5 Å². The van der Waals surface area contributed by atoms with Gasteiger partial charge in [0.1, 0.15) is 0 Å². The summed E-state index contributed by atoms with van der Waals surface area (Å²) < 4.78 is 0. The van der Waals surface area contributed by atoms with Crippen LogP contribution >= 0.6 is 0 Å². The standard InChI is InChI=1S/C51H43N3/c1-3-11-43(12-4-1)44-21-23-45(24-22-44)46-25-27-47(28-26-46)50-34-51(48-13-5-2-6-14-48)54-37-49(50)20-19-42-32-40(17-15-38-9-7-29-52-35-38)31-41(33-42)18-16-39-10-8-30-53-36-39/h1-14,21-37H,15-20H2. The van der Waals surface area contributed by atoms with E-state index in [0.717, 1.165) is 49.8 Å². The van der Waals surface area contributed by atoms with Gasteiger partial charge in [-0.2, -0.15) is 0 Å². The summed E-state index contributed by atoms with van der Waals surface area (Å²) in [5, 5.41) is 0. The Hall–Kier alpha value is -6.45. The van der Waals surface area contributed by atoms with Gasteiger partial charge >= 0.3 is 0 Å². The van der Waals surface area contributed by atoms with E-state index in [1.165, 1.54) is 66.8 Å². The minimum atomic E-state index is 0.897. The Kier molecular flexibility index (Phi) is 10.9. The highest BCUT2D eigenvalue weighted by Crippen LogP contribution is 2.32. The fraction of sp³-hybridized carbons (Fsp3) is 0.118. The maximum Gasteiger partial charge on any atom is 0.0708 e. The van der Waals surface area contributed by atoms with E-state index >= 15 is 0 Å². The summed E-state index contributed by atoms with van der Waals surface area (Å²) in [6, 6.07) is 56.8. The summed E-state index contributed by atoms with van der Waals surface area (Å²) in [7, 11) is 0. The Bertz CT molecular complexity index is 2330. The molecule has 3 aromatic heterocycles. The van der Waals surface area contributed by atoms with Crippen molar-refractivity contribution in [1.82, 2.24) is 15.0 Å². The van der Waals surface area contributed by atoms with E-state index in [-0.39, 0.29) is 0 Å². The Morgan fingerprint density at radius 1 is 0.315 bits per heavy atom. The summed E-state index contributed by atoms with van der Waals surface area (Å²) in [5.74, 6) is 0. The third kappa shape index (κ3) is 8.77. The zero-order chi connectivity index (χ0) is 36.4. The van der Waals surface area contributed by atoms with Gasteiger partial charge < -0.3 is 0 Å². The molecule has 0 bridgehead atoms. The predicted octanol–water partition coefficient (Wildman–Crippen LogP) is 11.9. The number of rotatable bonds is 13. The molecule has 3 nitrogen and oxygen atoms in total. The maximum atomic E-state index is 5.00. The molecule has 3 heterocycles. The van der Waals surface area contributed by atoms with Crippen LogP contribution in [0.3, 0.4) is 0 Å². The number of benzene rings is 5. The second kappa shape index (κ2) is 16.9. The molecule has 0 spiro atoms. The second-order valence-electron chi connectivity index (χ2n) is 14.0. The lowest BCUT2D eigenvalue weighted by Gasteiger charge is -2.14. The zero-order valence-corrected chi connectivity index (χ0v) is 30.5. The molecule has 0 saturated heterocycles. The van der Waals surface area contributed by atoms with Crippen molar-refractivity contribution in [3.63, 3.8) is 0 Å². The summed E-state index contributed by atoms with van der Waals surface area (Å²) in [6.07, 6.45) is 15.5. The quantitative estimate of drug-likeness (QED) is 0.120. The summed E-state index contributed by atoms with van der Waals surface area (Å²) in [4.78, 5) is 13.7. The van der Waals surface area contributed by atoms with Crippen LogP contribution in [-0.4, -0.2) is 15.0 Å². The average molecular weight is 698 g/mol. The number of nitrogens with zero attached hydrogens (tertiary/aromatic N) is 3. The average Bonchev–Trinajstić information content (AvgIpc) is 3.26. The van der Waals surface area contributed by atoms with Crippen LogP contribution in [0.25, 0.3) is 44.6 Å². The third-order valence-corrected chi connectivity index (χ3v) is 10.2. The lowest BCUT2D eigenvalue weighted by molar-refractivity contribution is 0.897. The monoisotopic (exact) mass is 697 g/mol. The van der Waals surface area contributed by atoms with Gasteiger partial charge in [0.15, 0.2) is 0 Å². The molecule has 54 heavy (non-hydrogen) atoms. The molecule has 5 aromatic carbocycles. The van der Waals surface area contributed by atoms with Gasteiger partial charge in [0.25, 0.3) is 0 Å². The Morgan fingerprint density at radius 3 is 1.22 bits per heavy atom. The number of aromatic nitrogens is 3. The van der Waals surface area contributed by atoms with Crippen molar-refractivity contribution in [1.29, 1.82) is 0 Å². The lowest BCUT2D eigenvalue weighted by atomic mass is 9.92. The van der Waals surface area contributed by atoms with Crippen molar-refractivity contribution in [3.8, 4) is 44.6 Å². The zero-order valence-electron chi connectivity index (χ0n) is 30.5. The second-order valence-corrected chi connectivity index (χ2v) is 14.0. The van der Waals surface area contributed by atoms with Crippen LogP contribution in [0.2, 0.25) is 0 Å². The fourth-order valence-electron chi connectivity index (χ4n) is 7.27. The molecule has 0 amide bonds. The van der Waals surface area contributed by atoms with E-state index in [1.807, 2.05) is 36.9 Å². The molecular formula is C51H43N3. The van der Waals surface area contributed by atoms with E-state index in [0.29, 0.717) is 0 Å². The molecule has 0 aliphatic carbocycles. The van der Waals surface area contributed by atoms with Crippen LogP contribution in [0.15, 0.2) is 189 Å². The summed E-state index contributed by atoms with van der Waals surface area (Å²) in [5.41, 5.74) is 17.4. The number of hydrogen-bond donors (Lipinski definition) is 0. The first-order valence-electron chi connectivity index (χ1n) is 18.9. The van der Waals surface area contributed by atoms with Crippen LogP contribution in [0.1, 0.15) is 33.4 Å². The van der Waals surface area contributed by atoms with Gasteiger partial charge in [0, 0.05) is 36.5 Å². The van der Waals surface area contributed by atoms with Gasteiger partial charge in [-0.15, -0.1) is 0 Å². The van der Waals surface area contributed by atoms with Crippen molar-refractivity contribution in [3.05, 3.63) is 222 Å². The minimum absolute atomic E-state index is 0.897. The van der Waals surface area contributed by atoms with Crippen molar-refractivity contribution in [2.24, 2.45) is 0 Å². The predicted molar refractivity (Wildman–Crippen MR) is 223 cm³/mol. The molecule has 0 aliphatic heterocycles. The van der Waals surface area contributed by atoms with Crippen molar-refractivity contribution >= 4 is 0 Å². The Morgan fingerprint density at radius 2 is 0.741 bits per heavy atom. The Balaban J connectivity index is 1.06. The van der Waals surface area contributed by atoms with Crippen LogP contribution in [0.4, 0.5) is 0 Å². The SMILES string of the molecule is c1ccc(-c2ccc(-c3ccc(-c4cc(-c5ccccc5)ncc4CCc4cc(CCc5cccnc5)cc(CCc5cccnc5)c4)cc3)cc2)cc1. The van der Waals surface area contributed by atoms with Crippen LogP contribution in [-0.2, 0) is 38.5 Å². The first-order valence-corrected chi connectivity index (χ1v) is 18.9. The molecule has 0 saturated carbocycles. The van der Waals surface area contributed by atoms with Gasteiger partial charge in [-0.1, -0.05) is 140 Å². The van der Waals surface area contributed by atoms with E-state index in [1.54, 1.807) is 0 Å². The molecule has 8 rings (SSSR count). The Labute approximate surface area is 319 Å². The third-order valence-electron chi connectivity index (χ3n) is 10.2. The van der Waals surface area contributed by atoms with Gasteiger partial charge in [-0.05, 0) is 123 Å². The molecule has 0 N–H and O–H groups in total. The lowest BCUT2D eigenvalue weighted by Crippen LogP contribution is -2.01. The first-order chi connectivity index (χ1) is 26.7. The minimum Gasteiger partial charge on any atom is -0.264 e. The molecule has 0 unspecified atom stereocenters. The smallest absolute Gasteiger partial charge is 0.0708 e. The van der Waals surface area contributed by atoms with E-state index in [9.17, 15) is 0 Å². The van der Waals surface area contributed by atoms with E-state index < -0.39 is 0 Å². The number of hydrogen-bond acceptors (Lipinski definition) is 3. The largest absolute Gasteiger partial charge is 0.264 e. The number of aryl methyl sites for hydroxylation is 6. The molecule has 3 heteroatoms. The van der Waals surface area contributed by atoms with Gasteiger partial charge in [0.05, 0.1) is 5.69 Å². The van der Waals surface area contributed by atoms with E-state index in [4.69, 9.17) is 4.98 Å². The van der Waals surface area contributed by atoms with E-state index in [2.05, 4.69) is 162 Å². The molecular weight excluding hydrogens is 655 g/mol. The van der Waals surface area contributed by atoms with Crippen LogP contribution < -0.4 is 0 Å². The highest BCUT2D eigenvalue weighted by Gasteiger charge is 2.12. The molecule has 0 fully saturated rings. The number of pyridine rings is 3. The topological polar surface area (TPSA) is 38.7 Å². The van der Waals surface area contributed by atoms with Crippen LogP contribution in [0, 0.1) is 0 Å². The normalized spacial score (nSPS) is 11.0. The molecule has 0 aliphatic rings. The highest BCUT2D eigenvalue weighted by molar-refractivity contribution is 5.76. The van der Waals surface area contributed by atoms with Crippen molar-refractivity contribution in [2.75, 3.05) is 0 Å². The first kappa shape index (κ1) is 34.6. The van der Waals surface area contributed by atoms with Gasteiger partial charge in [-0.3, -0.25) is 15.0 Å². The summed E-state index contributed by atoms with van der Waals surface area (Å²) >= 11 is 0. The molecule has 262 valence electrons. The highest BCUT2D eigenvalue weighted by atomic mass is 14.7.